The minimum absolute atomic E-state index is 0.175. The van der Waals surface area contributed by atoms with Crippen LogP contribution in [-0.4, -0.2) is 18.9 Å². The third kappa shape index (κ3) is 5.00. The van der Waals surface area contributed by atoms with Crippen molar-refractivity contribution in [2.45, 2.75) is 4.90 Å². The van der Waals surface area contributed by atoms with E-state index in [4.69, 9.17) is 9.29 Å². The SMILES string of the molecule is O=C(Oc1c(F)c(F)c(S(=O)(=O)O)c(F)c1F)c1c(-c2ccc3ccccc3c2)cccc1-c1ccc2ccccc2c1. The van der Waals surface area contributed by atoms with Gasteiger partial charge in [-0.15, -0.1) is 0 Å². The first-order valence-corrected chi connectivity index (χ1v) is 14.2. The first-order chi connectivity index (χ1) is 20.5. The first-order valence-electron chi connectivity index (χ1n) is 12.7. The fourth-order valence-electron chi connectivity index (χ4n) is 5.02. The van der Waals surface area contributed by atoms with E-state index in [1.54, 1.807) is 42.5 Å². The molecule has 43 heavy (non-hydrogen) atoms. The van der Waals surface area contributed by atoms with E-state index in [1.165, 1.54) is 0 Å². The molecule has 0 fully saturated rings. The van der Waals surface area contributed by atoms with Gasteiger partial charge in [-0.25, -0.2) is 13.6 Å². The number of carbonyl (C=O) groups excluding carboxylic acids is 1. The molecule has 0 saturated carbocycles. The normalized spacial score (nSPS) is 11.7. The summed E-state index contributed by atoms with van der Waals surface area (Å²) in [6.45, 7) is 0. The lowest BCUT2D eigenvalue weighted by atomic mass is 9.90. The van der Waals surface area contributed by atoms with Crippen molar-refractivity contribution in [3.8, 4) is 28.0 Å². The van der Waals surface area contributed by atoms with Crippen LogP contribution in [0.3, 0.4) is 0 Å². The molecule has 0 heterocycles. The summed E-state index contributed by atoms with van der Waals surface area (Å²) in [5.74, 6) is -12.7. The second kappa shape index (κ2) is 10.6. The molecule has 6 aromatic rings. The molecular formula is C33H18F4O5S. The predicted octanol–water partition coefficient (Wildman–Crippen LogP) is 8.35. The number of halogens is 4. The van der Waals surface area contributed by atoms with Crippen molar-refractivity contribution in [1.29, 1.82) is 0 Å². The zero-order valence-corrected chi connectivity index (χ0v) is 22.6. The van der Waals surface area contributed by atoms with Crippen molar-refractivity contribution in [2.24, 2.45) is 0 Å². The van der Waals surface area contributed by atoms with Gasteiger partial charge in [0.15, 0.2) is 16.5 Å². The molecule has 0 aliphatic rings. The zero-order chi connectivity index (χ0) is 30.5. The van der Waals surface area contributed by atoms with Gasteiger partial charge >= 0.3 is 16.1 Å². The Morgan fingerprint density at radius 1 is 0.581 bits per heavy atom. The minimum Gasteiger partial charge on any atom is -0.416 e. The van der Waals surface area contributed by atoms with E-state index in [0.717, 1.165) is 21.5 Å². The number of fused-ring (bicyclic) bond motifs is 2. The summed E-state index contributed by atoms with van der Waals surface area (Å²) in [7, 11) is -5.70. The van der Waals surface area contributed by atoms with Crippen molar-refractivity contribution in [3.63, 3.8) is 0 Å². The maximum Gasteiger partial charge on any atom is 0.345 e. The van der Waals surface area contributed by atoms with Crippen molar-refractivity contribution < 1.29 is 40.1 Å². The molecule has 10 heteroatoms. The molecule has 1 N–H and O–H groups in total. The van der Waals surface area contributed by atoms with E-state index in [1.807, 2.05) is 60.7 Å². The van der Waals surface area contributed by atoms with E-state index >= 15 is 0 Å². The van der Waals surface area contributed by atoms with Crippen molar-refractivity contribution in [1.82, 2.24) is 0 Å². The third-order valence-electron chi connectivity index (χ3n) is 7.03. The van der Waals surface area contributed by atoms with Gasteiger partial charge in [0.25, 0.3) is 0 Å². The molecule has 0 amide bonds. The van der Waals surface area contributed by atoms with E-state index < -0.39 is 50.0 Å². The van der Waals surface area contributed by atoms with Crippen molar-refractivity contribution >= 4 is 37.6 Å². The average molecular weight is 603 g/mol. The fraction of sp³-hybridized carbons (Fsp3) is 0. The molecule has 5 nitrogen and oxygen atoms in total. The lowest BCUT2D eigenvalue weighted by molar-refractivity contribution is 0.0718. The second-order valence-corrected chi connectivity index (χ2v) is 11.0. The topological polar surface area (TPSA) is 80.7 Å². The van der Waals surface area contributed by atoms with Gasteiger partial charge in [-0.3, -0.25) is 4.55 Å². The van der Waals surface area contributed by atoms with E-state index in [9.17, 15) is 30.8 Å². The summed E-state index contributed by atoms with van der Waals surface area (Å²) in [6.07, 6.45) is 0. The monoisotopic (exact) mass is 602 g/mol. The van der Waals surface area contributed by atoms with Gasteiger partial charge in [0, 0.05) is 0 Å². The first kappa shape index (κ1) is 28.1. The number of hydrogen-bond donors (Lipinski definition) is 1. The Kier molecular flexibility index (Phi) is 6.95. The summed E-state index contributed by atoms with van der Waals surface area (Å²) in [5, 5.41) is 3.49. The van der Waals surface area contributed by atoms with Crippen LogP contribution in [0.5, 0.6) is 5.75 Å². The number of carbonyl (C=O) groups is 1. The van der Waals surface area contributed by atoms with Crippen LogP contribution in [0.1, 0.15) is 10.4 Å². The Morgan fingerprint density at radius 3 is 1.47 bits per heavy atom. The number of esters is 1. The summed E-state index contributed by atoms with van der Waals surface area (Å²) < 4.78 is 95.5. The highest BCUT2D eigenvalue weighted by Gasteiger charge is 2.35. The van der Waals surface area contributed by atoms with Crippen LogP contribution in [0.4, 0.5) is 17.6 Å². The number of benzene rings is 6. The molecule has 0 bridgehead atoms. The van der Waals surface area contributed by atoms with E-state index in [-0.39, 0.29) is 16.7 Å². The molecule has 0 unspecified atom stereocenters. The van der Waals surface area contributed by atoms with Gasteiger partial charge < -0.3 is 4.74 Å². The number of ether oxygens (including phenoxy) is 1. The van der Waals surface area contributed by atoms with Crippen LogP contribution >= 0.6 is 0 Å². The van der Waals surface area contributed by atoms with Crippen LogP contribution in [0.25, 0.3) is 43.8 Å². The van der Waals surface area contributed by atoms with Gasteiger partial charge in [0.1, 0.15) is 0 Å². The number of hydrogen-bond acceptors (Lipinski definition) is 4. The Morgan fingerprint density at radius 2 is 1.02 bits per heavy atom. The molecular weight excluding hydrogens is 584 g/mol. The maximum atomic E-state index is 14.9. The lowest BCUT2D eigenvalue weighted by Crippen LogP contribution is -2.17. The summed E-state index contributed by atoms with van der Waals surface area (Å²) >= 11 is 0. The zero-order valence-electron chi connectivity index (χ0n) is 21.8. The smallest absolute Gasteiger partial charge is 0.345 e. The van der Waals surface area contributed by atoms with Gasteiger partial charge in [-0.2, -0.15) is 17.2 Å². The van der Waals surface area contributed by atoms with Crippen LogP contribution in [0.15, 0.2) is 108 Å². The Hall–Kier alpha value is -5.06. The molecule has 0 spiro atoms. The van der Waals surface area contributed by atoms with Gasteiger partial charge in [-0.1, -0.05) is 91.0 Å². The van der Waals surface area contributed by atoms with Crippen LogP contribution in [-0.2, 0) is 10.1 Å². The molecule has 0 aliphatic carbocycles. The number of rotatable bonds is 5. The second-order valence-electron chi connectivity index (χ2n) is 9.63. The third-order valence-corrected chi connectivity index (χ3v) is 7.90. The average Bonchev–Trinajstić information content (AvgIpc) is 3.00. The van der Waals surface area contributed by atoms with Crippen LogP contribution in [0.2, 0.25) is 0 Å². The van der Waals surface area contributed by atoms with Gasteiger partial charge in [-0.05, 0) is 55.9 Å². The summed E-state index contributed by atoms with van der Waals surface area (Å²) in [6, 6.07) is 30.4. The standard InChI is InChI=1S/C33H18F4O5S/c34-27-29(36)32(43(39,40)41)30(37)28(35)31(27)42-33(38)26-24(22-14-12-18-6-1-3-8-20(18)16-22)10-5-11-25(26)23-15-13-19-7-2-4-9-21(19)17-23/h1-17H,(H,39,40,41). The van der Waals surface area contributed by atoms with Crippen molar-refractivity contribution in [2.75, 3.05) is 0 Å². The summed E-state index contributed by atoms with van der Waals surface area (Å²) in [5.41, 5.74) is 1.48. The molecule has 0 aromatic heterocycles. The van der Waals surface area contributed by atoms with E-state index in [2.05, 4.69) is 0 Å². The molecule has 0 saturated heterocycles. The molecule has 0 aliphatic heterocycles. The minimum atomic E-state index is -5.70. The van der Waals surface area contributed by atoms with Crippen LogP contribution in [0, 0.1) is 23.3 Å². The molecule has 6 rings (SSSR count). The molecule has 0 atom stereocenters. The predicted molar refractivity (Wildman–Crippen MR) is 153 cm³/mol. The molecule has 214 valence electrons. The summed E-state index contributed by atoms with van der Waals surface area (Å²) in [4.78, 5) is 11.5. The Balaban J connectivity index is 1.57. The lowest BCUT2D eigenvalue weighted by Gasteiger charge is -2.17. The highest BCUT2D eigenvalue weighted by Crippen LogP contribution is 2.38. The largest absolute Gasteiger partial charge is 0.416 e. The van der Waals surface area contributed by atoms with Gasteiger partial charge in [0.2, 0.25) is 17.4 Å². The van der Waals surface area contributed by atoms with Crippen LogP contribution < -0.4 is 4.74 Å². The van der Waals surface area contributed by atoms with Crippen molar-refractivity contribution in [3.05, 3.63) is 132 Å². The fourth-order valence-corrected chi connectivity index (χ4v) is 5.65. The van der Waals surface area contributed by atoms with Gasteiger partial charge in [0.05, 0.1) is 5.56 Å². The quantitative estimate of drug-likeness (QED) is 0.0705. The molecule has 6 aromatic carbocycles. The highest BCUT2D eigenvalue weighted by molar-refractivity contribution is 7.85. The maximum absolute atomic E-state index is 14.9. The Labute approximate surface area is 242 Å². The Bertz CT molecular complexity index is 2090. The van der Waals surface area contributed by atoms with E-state index in [0.29, 0.717) is 11.1 Å². The highest BCUT2D eigenvalue weighted by atomic mass is 32.2. The molecule has 0 radical (unpaired) electrons.